The lowest BCUT2D eigenvalue weighted by atomic mass is 9.95. The summed E-state index contributed by atoms with van der Waals surface area (Å²) in [6.45, 7) is 0. The van der Waals surface area contributed by atoms with Gasteiger partial charge in [-0.2, -0.15) is 0 Å². The zero-order valence-corrected chi connectivity index (χ0v) is 19.7. The van der Waals surface area contributed by atoms with E-state index in [1.807, 2.05) is 30.3 Å². The standard InChI is InChI=1S/C26H25FN4O5/c1-31-26(28-29-30-31)21(12-11-19(32)14-20(33)15-24(34)35-2)25(16-7-9-18(27)10-8-16)23-13-17-5-3-4-6-22(17)36-23/h3-13,19-20,32-33H,14-15H2,1-2H3/t19-,20-/m1/s1. The number of aryl methyl sites for hydroxylation is 1. The third-order valence-corrected chi connectivity index (χ3v) is 5.56. The van der Waals surface area contributed by atoms with Gasteiger partial charge in [-0.25, -0.2) is 9.07 Å². The molecule has 0 amide bonds. The van der Waals surface area contributed by atoms with Crippen LogP contribution in [0.25, 0.3) is 22.1 Å². The Bertz CT molecular complexity index is 1370. The molecule has 10 heteroatoms. The van der Waals surface area contributed by atoms with Crippen molar-refractivity contribution in [2.75, 3.05) is 7.11 Å². The Morgan fingerprint density at radius 2 is 1.94 bits per heavy atom. The SMILES string of the molecule is COC(=O)C[C@H](O)C[C@H](O)C=CC(=C(c1ccc(F)cc1)c1cc2ccccc2o1)c1nnnn1C. The summed E-state index contributed by atoms with van der Waals surface area (Å²) in [6, 6.07) is 15.3. The summed E-state index contributed by atoms with van der Waals surface area (Å²) in [5.74, 6) is -0.109. The van der Waals surface area contributed by atoms with Crippen LogP contribution in [0, 0.1) is 5.82 Å². The molecular weight excluding hydrogens is 467 g/mol. The van der Waals surface area contributed by atoms with E-state index in [0.717, 1.165) is 5.39 Å². The molecule has 0 fully saturated rings. The molecule has 36 heavy (non-hydrogen) atoms. The maximum atomic E-state index is 13.8. The number of aliphatic hydroxyl groups is 2. The van der Waals surface area contributed by atoms with E-state index < -0.39 is 24.0 Å². The molecule has 4 aromatic rings. The Morgan fingerprint density at radius 3 is 2.61 bits per heavy atom. The maximum Gasteiger partial charge on any atom is 0.308 e. The number of aliphatic hydroxyl groups excluding tert-OH is 2. The predicted octanol–water partition coefficient (Wildman–Crippen LogP) is 3.29. The number of nitrogens with zero attached hydrogens (tertiary/aromatic N) is 4. The highest BCUT2D eigenvalue weighted by molar-refractivity contribution is 6.01. The first kappa shape index (κ1) is 25.0. The van der Waals surface area contributed by atoms with Gasteiger partial charge in [0.1, 0.15) is 17.2 Å². The van der Waals surface area contributed by atoms with E-state index in [1.54, 1.807) is 25.3 Å². The number of hydrogen-bond acceptors (Lipinski definition) is 8. The molecule has 186 valence electrons. The molecule has 0 spiro atoms. The fourth-order valence-corrected chi connectivity index (χ4v) is 3.80. The van der Waals surface area contributed by atoms with Gasteiger partial charge in [-0.3, -0.25) is 4.79 Å². The fourth-order valence-electron chi connectivity index (χ4n) is 3.80. The number of benzene rings is 2. The second kappa shape index (κ2) is 11.1. The first-order valence-electron chi connectivity index (χ1n) is 11.2. The number of esters is 1. The van der Waals surface area contributed by atoms with Crippen LogP contribution in [-0.4, -0.2) is 55.7 Å². The minimum Gasteiger partial charge on any atom is -0.469 e. The van der Waals surface area contributed by atoms with Crippen LogP contribution in [0.15, 0.2) is 71.2 Å². The van der Waals surface area contributed by atoms with Gasteiger partial charge < -0.3 is 19.4 Å². The Labute approximate surface area is 206 Å². The van der Waals surface area contributed by atoms with Crippen LogP contribution < -0.4 is 0 Å². The summed E-state index contributed by atoms with van der Waals surface area (Å²) in [6.07, 6.45) is 0.576. The fraction of sp³-hybridized carbons (Fsp3) is 0.231. The molecule has 2 N–H and O–H groups in total. The molecule has 2 aromatic heterocycles. The van der Waals surface area contributed by atoms with Crippen LogP contribution in [0.1, 0.15) is 30.0 Å². The Hall–Kier alpha value is -4.15. The number of hydrogen-bond donors (Lipinski definition) is 2. The first-order chi connectivity index (χ1) is 17.4. The molecule has 0 aliphatic heterocycles. The van der Waals surface area contributed by atoms with E-state index >= 15 is 0 Å². The van der Waals surface area contributed by atoms with Gasteiger partial charge in [0.15, 0.2) is 5.82 Å². The van der Waals surface area contributed by atoms with Gasteiger partial charge >= 0.3 is 5.97 Å². The van der Waals surface area contributed by atoms with E-state index in [1.165, 1.54) is 30.0 Å². The van der Waals surface area contributed by atoms with Crippen LogP contribution in [0.2, 0.25) is 0 Å². The Morgan fingerprint density at radius 1 is 1.19 bits per heavy atom. The number of methoxy groups -OCH3 is 1. The van der Waals surface area contributed by atoms with Crippen molar-refractivity contribution in [3.63, 3.8) is 0 Å². The average molecular weight is 493 g/mol. The van der Waals surface area contributed by atoms with Crippen LogP contribution in [-0.2, 0) is 16.6 Å². The van der Waals surface area contributed by atoms with Crippen molar-refractivity contribution in [2.45, 2.75) is 25.0 Å². The van der Waals surface area contributed by atoms with Crippen molar-refractivity contribution >= 4 is 28.1 Å². The van der Waals surface area contributed by atoms with Gasteiger partial charge in [-0.15, -0.1) is 5.10 Å². The number of rotatable bonds is 9. The minimum atomic E-state index is -1.09. The Kier molecular flexibility index (Phi) is 7.67. The molecule has 2 atom stereocenters. The van der Waals surface area contributed by atoms with Crippen molar-refractivity contribution in [3.8, 4) is 0 Å². The molecule has 0 aliphatic rings. The van der Waals surface area contributed by atoms with Gasteiger partial charge in [0.05, 0.1) is 25.7 Å². The van der Waals surface area contributed by atoms with E-state index in [4.69, 9.17) is 4.42 Å². The molecule has 4 rings (SSSR count). The van der Waals surface area contributed by atoms with Crippen molar-refractivity contribution < 1.29 is 28.6 Å². The summed E-state index contributed by atoms with van der Waals surface area (Å²) in [5.41, 5.74) is 2.37. The first-order valence-corrected chi connectivity index (χ1v) is 11.2. The van der Waals surface area contributed by atoms with Gasteiger partial charge in [0, 0.05) is 30.0 Å². The van der Waals surface area contributed by atoms with E-state index in [9.17, 15) is 19.4 Å². The monoisotopic (exact) mass is 492 g/mol. The number of carbonyl (C=O) groups is 1. The molecule has 9 nitrogen and oxygen atoms in total. The molecule has 0 aliphatic carbocycles. The van der Waals surface area contributed by atoms with Gasteiger partial charge in [-0.05, 0) is 40.3 Å². The molecule has 0 saturated heterocycles. The van der Waals surface area contributed by atoms with Crippen molar-refractivity contribution in [2.24, 2.45) is 7.05 Å². The van der Waals surface area contributed by atoms with Crippen molar-refractivity contribution in [3.05, 3.63) is 89.7 Å². The van der Waals surface area contributed by atoms with Crippen LogP contribution in [0.5, 0.6) is 0 Å². The normalized spacial score (nSPS) is 14.1. The predicted molar refractivity (Wildman–Crippen MR) is 130 cm³/mol. The molecule has 0 unspecified atom stereocenters. The summed E-state index contributed by atoms with van der Waals surface area (Å²) >= 11 is 0. The number of aromatic nitrogens is 4. The number of carbonyl (C=O) groups excluding carboxylic acids is 1. The van der Waals surface area contributed by atoms with E-state index in [0.29, 0.717) is 33.9 Å². The Balaban J connectivity index is 1.83. The minimum absolute atomic E-state index is 0.0908. The quantitative estimate of drug-likeness (QED) is 0.270. The highest BCUT2D eigenvalue weighted by Gasteiger charge is 2.21. The number of fused-ring (bicyclic) bond motifs is 1. The molecule has 0 saturated carbocycles. The van der Waals surface area contributed by atoms with Gasteiger partial charge in [-0.1, -0.05) is 42.5 Å². The van der Waals surface area contributed by atoms with Crippen LogP contribution >= 0.6 is 0 Å². The second-order valence-corrected chi connectivity index (χ2v) is 8.17. The third-order valence-electron chi connectivity index (χ3n) is 5.56. The second-order valence-electron chi connectivity index (χ2n) is 8.17. The van der Waals surface area contributed by atoms with E-state index in [2.05, 4.69) is 20.3 Å². The number of para-hydroxylation sites is 1. The summed E-state index contributed by atoms with van der Waals surface area (Å²) < 4.78 is 25.9. The van der Waals surface area contributed by atoms with Crippen molar-refractivity contribution in [1.82, 2.24) is 20.2 Å². The summed E-state index contributed by atoms with van der Waals surface area (Å²) in [7, 11) is 2.90. The lowest BCUT2D eigenvalue weighted by Crippen LogP contribution is -2.20. The molecule has 2 heterocycles. The van der Waals surface area contributed by atoms with Crippen molar-refractivity contribution in [1.29, 1.82) is 0 Å². The number of allylic oxidation sites excluding steroid dienone is 2. The summed E-state index contributed by atoms with van der Waals surface area (Å²) in [5, 5.41) is 33.3. The summed E-state index contributed by atoms with van der Waals surface area (Å²) in [4.78, 5) is 11.4. The number of halogens is 1. The molecular formula is C26H25FN4O5. The zero-order valence-electron chi connectivity index (χ0n) is 19.7. The lowest BCUT2D eigenvalue weighted by Gasteiger charge is -2.13. The van der Waals surface area contributed by atoms with Gasteiger partial charge in [0.25, 0.3) is 0 Å². The third kappa shape index (κ3) is 5.73. The lowest BCUT2D eigenvalue weighted by molar-refractivity contribution is -0.143. The smallest absolute Gasteiger partial charge is 0.308 e. The highest BCUT2D eigenvalue weighted by atomic mass is 19.1. The molecule has 0 radical (unpaired) electrons. The maximum absolute atomic E-state index is 13.8. The largest absolute Gasteiger partial charge is 0.469 e. The van der Waals surface area contributed by atoms with E-state index in [-0.39, 0.29) is 12.8 Å². The van der Waals surface area contributed by atoms with Crippen LogP contribution in [0.4, 0.5) is 4.39 Å². The topological polar surface area (TPSA) is 124 Å². The van der Waals surface area contributed by atoms with Crippen LogP contribution in [0.3, 0.4) is 0 Å². The number of furan rings is 1. The molecule has 2 aromatic carbocycles. The molecule has 0 bridgehead atoms. The van der Waals surface area contributed by atoms with Gasteiger partial charge in [0.2, 0.25) is 0 Å². The zero-order chi connectivity index (χ0) is 25.7. The highest BCUT2D eigenvalue weighted by Crippen LogP contribution is 2.35. The number of tetrazole rings is 1. The number of ether oxygens (including phenoxy) is 1. The average Bonchev–Trinajstić information content (AvgIpc) is 3.48.